The van der Waals surface area contributed by atoms with Gasteiger partial charge in [-0.15, -0.1) is 11.8 Å². The van der Waals surface area contributed by atoms with E-state index in [4.69, 9.17) is 9.90 Å². The molecule has 1 N–H and O–H groups in total. The first-order valence-electron chi connectivity index (χ1n) is 10.6. The van der Waals surface area contributed by atoms with E-state index in [0.29, 0.717) is 0 Å². The van der Waals surface area contributed by atoms with Gasteiger partial charge in [0.05, 0.1) is 11.8 Å². The third-order valence-electron chi connectivity index (χ3n) is 5.57. The van der Waals surface area contributed by atoms with Crippen molar-refractivity contribution in [2.45, 2.75) is 43.3 Å². The number of thioether (sulfide) groups is 1. The van der Waals surface area contributed by atoms with E-state index < -0.39 is 12.1 Å². The van der Waals surface area contributed by atoms with Crippen LogP contribution in [0.5, 0.6) is 0 Å². The van der Waals surface area contributed by atoms with Gasteiger partial charge in [-0.3, -0.25) is 0 Å². The number of piperidine rings is 1. The maximum Gasteiger partial charge on any atom is 0.490 e. The predicted molar refractivity (Wildman–Crippen MR) is 121 cm³/mol. The Morgan fingerprint density at radius 1 is 1.24 bits per heavy atom. The Morgan fingerprint density at radius 2 is 1.97 bits per heavy atom. The van der Waals surface area contributed by atoms with Crippen molar-refractivity contribution in [1.82, 2.24) is 19.5 Å². The van der Waals surface area contributed by atoms with Crippen molar-refractivity contribution in [1.29, 1.82) is 0 Å². The van der Waals surface area contributed by atoms with E-state index >= 15 is 0 Å². The normalized spacial score (nSPS) is 14.7. The van der Waals surface area contributed by atoms with Gasteiger partial charge in [0, 0.05) is 42.3 Å². The van der Waals surface area contributed by atoms with Crippen LogP contribution in [0.2, 0.25) is 0 Å². The third kappa shape index (κ3) is 7.08. The van der Waals surface area contributed by atoms with Crippen molar-refractivity contribution in [2.24, 2.45) is 5.92 Å². The average Bonchev–Trinajstić information content (AvgIpc) is 3.32. The van der Waals surface area contributed by atoms with Crippen molar-refractivity contribution in [3.05, 3.63) is 43.2 Å². The number of nitrogens with zero attached hydrogens (tertiary/aromatic N) is 5. The Bertz CT molecular complexity index is 1040. The fraction of sp³-hybridized carbons (Fsp3) is 0.455. The smallest absolute Gasteiger partial charge is 0.475 e. The van der Waals surface area contributed by atoms with Crippen LogP contribution < -0.4 is 4.90 Å². The molecule has 0 atom stereocenters. The summed E-state index contributed by atoms with van der Waals surface area (Å²) < 4.78 is 33.9. The third-order valence-corrected chi connectivity index (χ3v) is 6.29. The van der Waals surface area contributed by atoms with Crippen molar-refractivity contribution < 1.29 is 23.1 Å². The number of aryl methyl sites for hydroxylation is 1. The number of fused-ring (bicyclic) bond motifs is 1. The summed E-state index contributed by atoms with van der Waals surface area (Å²) >= 11 is 1.77. The molecule has 0 radical (unpaired) electrons. The number of carboxylic acid groups (broad SMARTS) is 1. The fourth-order valence-electron chi connectivity index (χ4n) is 3.82. The average molecular weight is 482 g/mol. The molecule has 3 aromatic rings. The van der Waals surface area contributed by atoms with Gasteiger partial charge in [0.15, 0.2) is 0 Å². The van der Waals surface area contributed by atoms with Gasteiger partial charge in [-0.05, 0) is 56.1 Å². The van der Waals surface area contributed by atoms with Crippen LogP contribution in [0.4, 0.5) is 19.0 Å². The minimum Gasteiger partial charge on any atom is -0.475 e. The number of carboxylic acids is 1. The van der Waals surface area contributed by atoms with E-state index in [-0.39, 0.29) is 0 Å². The predicted octanol–water partition coefficient (Wildman–Crippen LogP) is 4.88. The van der Waals surface area contributed by atoms with E-state index in [0.717, 1.165) is 36.9 Å². The molecular weight excluding hydrogens is 455 g/mol. The Morgan fingerprint density at radius 3 is 2.58 bits per heavy atom. The highest BCUT2D eigenvalue weighted by atomic mass is 32.2. The Hall–Kier alpha value is -2.82. The molecule has 33 heavy (non-hydrogen) atoms. The molecule has 0 aliphatic carbocycles. The molecule has 0 unspecified atom stereocenters. The number of alkyl halides is 3. The molecule has 4 rings (SSSR count). The molecule has 3 heterocycles. The summed E-state index contributed by atoms with van der Waals surface area (Å²) in [5.41, 5.74) is 1.04. The van der Waals surface area contributed by atoms with Crippen molar-refractivity contribution in [2.75, 3.05) is 24.2 Å². The molecule has 11 heteroatoms. The van der Waals surface area contributed by atoms with Crippen LogP contribution in [-0.4, -0.2) is 56.1 Å². The van der Waals surface area contributed by atoms with Crippen LogP contribution in [0.3, 0.4) is 0 Å². The molecule has 0 bridgehead atoms. The molecule has 1 aromatic carbocycles. The summed E-state index contributed by atoms with van der Waals surface area (Å²) in [5.74, 6) is -0.833. The van der Waals surface area contributed by atoms with Gasteiger partial charge < -0.3 is 14.6 Å². The number of aliphatic carboxylic acids is 1. The SMILES string of the molecule is CSc1ccc2ncnc(N3CCC(CCCn4ccnc4)CC3)c2c1.O=C(O)C(F)(F)F. The Kier molecular flexibility index (Phi) is 8.54. The van der Waals surface area contributed by atoms with E-state index in [1.807, 2.05) is 18.7 Å². The molecule has 1 fully saturated rings. The summed E-state index contributed by atoms with van der Waals surface area (Å²) in [7, 11) is 0. The van der Waals surface area contributed by atoms with E-state index in [1.54, 1.807) is 18.1 Å². The maximum absolute atomic E-state index is 10.6. The number of imidazole rings is 1. The molecule has 1 saturated heterocycles. The largest absolute Gasteiger partial charge is 0.490 e. The van der Waals surface area contributed by atoms with Crippen molar-refractivity contribution in [3.63, 3.8) is 0 Å². The van der Waals surface area contributed by atoms with Gasteiger partial charge in [0.2, 0.25) is 0 Å². The van der Waals surface area contributed by atoms with E-state index in [1.165, 1.54) is 36.0 Å². The van der Waals surface area contributed by atoms with Gasteiger partial charge in [0.25, 0.3) is 0 Å². The quantitative estimate of drug-likeness (QED) is 0.503. The lowest BCUT2D eigenvalue weighted by Gasteiger charge is -2.33. The zero-order valence-electron chi connectivity index (χ0n) is 18.2. The van der Waals surface area contributed by atoms with Crippen molar-refractivity contribution in [3.8, 4) is 0 Å². The van der Waals surface area contributed by atoms with Crippen LogP contribution in [-0.2, 0) is 11.3 Å². The zero-order chi connectivity index (χ0) is 23.8. The molecule has 1 aliphatic rings. The van der Waals surface area contributed by atoms with Gasteiger partial charge in [-0.2, -0.15) is 13.2 Å². The first-order chi connectivity index (χ1) is 15.8. The second-order valence-corrected chi connectivity index (χ2v) is 8.64. The number of rotatable bonds is 6. The molecule has 1 aliphatic heterocycles. The lowest BCUT2D eigenvalue weighted by Crippen LogP contribution is -2.34. The summed E-state index contributed by atoms with van der Waals surface area (Å²) in [6, 6.07) is 6.47. The molecule has 7 nitrogen and oxygen atoms in total. The van der Waals surface area contributed by atoms with E-state index in [2.05, 4.69) is 48.9 Å². The lowest BCUT2D eigenvalue weighted by atomic mass is 9.92. The maximum atomic E-state index is 10.6. The number of anilines is 1. The molecule has 2 aromatic heterocycles. The van der Waals surface area contributed by atoms with Crippen LogP contribution in [0.15, 0.2) is 48.1 Å². The van der Waals surface area contributed by atoms with Gasteiger partial charge in [-0.25, -0.2) is 19.7 Å². The summed E-state index contributed by atoms with van der Waals surface area (Å²) in [6.07, 6.45) is 9.56. The number of aromatic nitrogens is 4. The second kappa shape index (κ2) is 11.4. The monoisotopic (exact) mass is 481 g/mol. The van der Waals surface area contributed by atoms with Gasteiger partial charge in [-0.1, -0.05) is 0 Å². The number of halogens is 3. The number of hydrogen-bond donors (Lipinski definition) is 1. The Labute approximate surface area is 194 Å². The molecule has 0 amide bonds. The highest BCUT2D eigenvalue weighted by Gasteiger charge is 2.38. The van der Waals surface area contributed by atoms with Crippen LogP contribution in [0, 0.1) is 5.92 Å². The second-order valence-electron chi connectivity index (χ2n) is 7.76. The zero-order valence-corrected chi connectivity index (χ0v) is 19.0. The van der Waals surface area contributed by atoms with Gasteiger partial charge >= 0.3 is 12.1 Å². The highest BCUT2D eigenvalue weighted by Crippen LogP contribution is 2.31. The topological polar surface area (TPSA) is 84.1 Å². The minimum absolute atomic E-state index is 0.824. The number of hydrogen-bond acceptors (Lipinski definition) is 6. The standard InChI is InChI=1S/C20H25N5S.C2HF3O2/c1-26-17-4-5-19-18(13-17)20(23-14-22-19)25-10-6-16(7-11-25)3-2-9-24-12-8-21-15-24;3-2(4,5)1(6)7/h4-5,8,12-16H,2-3,6-7,9-11H2,1H3;(H,6,7). The molecular formula is C22H26F3N5O2S. The highest BCUT2D eigenvalue weighted by molar-refractivity contribution is 7.98. The van der Waals surface area contributed by atoms with Crippen LogP contribution in [0.25, 0.3) is 10.9 Å². The van der Waals surface area contributed by atoms with Crippen molar-refractivity contribution >= 4 is 34.5 Å². The summed E-state index contributed by atoms with van der Waals surface area (Å²) in [5, 5.41) is 8.30. The van der Waals surface area contributed by atoms with Gasteiger partial charge in [0.1, 0.15) is 12.1 Å². The van der Waals surface area contributed by atoms with E-state index in [9.17, 15) is 13.2 Å². The minimum atomic E-state index is -5.08. The first-order valence-corrected chi connectivity index (χ1v) is 11.8. The number of benzene rings is 1. The fourth-order valence-corrected chi connectivity index (χ4v) is 4.26. The Balaban J connectivity index is 0.000000383. The number of carbonyl (C=O) groups is 1. The summed E-state index contributed by atoms with van der Waals surface area (Å²) in [4.78, 5) is 25.8. The molecule has 0 spiro atoms. The van der Waals surface area contributed by atoms with Crippen LogP contribution in [0.1, 0.15) is 25.7 Å². The summed E-state index contributed by atoms with van der Waals surface area (Å²) in [6.45, 7) is 3.25. The first kappa shape index (κ1) is 24.8. The lowest BCUT2D eigenvalue weighted by molar-refractivity contribution is -0.192. The van der Waals surface area contributed by atoms with Crippen LogP contribution >= 0.6 is 11.8 Å². The molecule has 0 saturated carbocycles. The molecule has 178 valence electrons.